The van der Waals surface area contributed by atoms with Crippen LogP contribution >= 0.6 is 15.9 Å². The molecule has 0 spiro atoms. The average molecular weight is 421 g/mol. The van der Waals surface area contributed by atoms with Crippen molar-refractivity contribution in [3.05, 3.63) is 74.2 Å². The van der Waals surface area contributed by atoms with Gasteiger partial charge in [0.05, 0.1) is 18.5 Å². The second kappa shape index (κ2) is 9.10. The van der Waals surface area contributed by atoms with E-state index in [0.29, 0.717) is 5.56 Å². The van der Waals surface area contributed by atoms with E-state index in [1.54, 1.807) is 6.07 Å². The highest BCUT2D eigenvalue weighted by molar-refractivity contribution is 9.10. The highest BCUT2D eigenvalue weighted by Gasteiger charge is 2.22. The largest absolute Gasteiger partial charge is 0.467 e. The molecule has 1 N–H and O–H groups in total. The van der Waals surface area contributed by atoms with Crippen LogP contribution in [-0.2, 0) is 27.2 Å². The summed E-state index contributed by atoms with van der Waals surface area (Å²) in [5, 5.41) is 13.4. The molecule has 2 rings (SSSR count). The lowest BCUT2D eigenvalue weighted by Crippen LogP contribution is -2.43. The van der Waals surface area contributed by atoms with E-state index < -0.39 is 22.8 Å². The van der Waals surface area contributed by atoms with E-state index in [0.717, 1.165) is 10.0 Å². The molecule has 0 bridgehead atoms. The molecule has 1 amide bonds. The Morgan fingerprint density at radius 1 is 1.19 bits per heavy atom. The number of hydrogen-bond donors (Lipinski definition) is 1. The number of ether oxygens (including phenoxy) is 1. The lowest BCUT2D eigenvalue weighted by atomic mass is 10.1. The number of halogens is 1. The zero-order valence-corrected chi connectivity index (χ0v) is 15.6. The maximum atomic E-state index is 12.3. The van der Waals surface area contributed by atoms with Crippen molar-refractivity contribution in [3.63, 3.8) is 0 Å². The first-order valence-corrected chi connectivity index (χ1v) is 8.53. The molecule has 0 radical (unpaired) electrons. The van der Waals surface area contributed by atoms with Gasteiger partial charge < -0.3 is 10.1 Å². The van der Waals surface area contributed by atoms with Crippen molar-refractivity contribution in [1.29, 1.82) is 0 Å². The van der Waals surface area contributed by atoms with Gasteiger partial charge in [-0.1, -0.05) is 40.2 Å². The van der Waals surface area contributed by atoms with Crippen molar-refractivity contribution < 1.29 is 19.2 Å². The average Bonchev–Trinajstić information content (AvgIpc) is 2.60. The van der Waals surface area contributed by atoms with Gasteiger partial charge >= 0.3 is 5.97 Å². The summed E-state index contributed by atoms with van der Waals surface area (Å²) in [7, 11) is 1.25. The molecule has 0 heterocycles. The first kappa shape index (κ1) is 19.6. The van der Waals surface area contributed by atoms with E-state index in [-0.39, 0.29) is 18.5 Å². The highest BCUT2D eigenvalue weighted by Crippen LogP contribution is 2.15. The number of nitro benzene ring substituents is 1. The first-order chi connectivity index (χ1) is 12.4. The van der Waals surface area contributed by atoms with Crippen LogP contribution in [-0.4, -0.2) is 30.0 Å². The number of carbonyl (C=O) groups is 2. The van der Waals surface area contributed by atoms with Crippen LogP contribution in [0.3, 0.4) is 0 Å². The lowest BCUT2D eigenvalue weighted by Gasteiger charge is -2.17. The number of non-ortho nitro benzene ring substituents is 1. The third kappa shape index (κ3) is 5.66. The Labute approximate surface area is 158 Å². The molecular weight excluding hydrogens is 404 g/mol. The van der Waals surface area contributed by atoms with Gasteiger partial charge in [-0.2, -0.15) is 0 Å². The topological polar surface area (TPSA) is 98.5 Å². The smallest absolute Gasteiger partial charge is 0.328 e. The summed E-state index contributed by atoms with van der Waals surface area (Å²) >= 11 is 3.36. The maximum Gasteiger partial charge on any atom is 0.328 e. The third-order valence-corrected chi connectivity index (χ3v) is 4.13. The Kier molecular flexibility index (Phi) is 6.85. The predicted molar refractivity (Wildman–Crippen MR) is 98.6 cm³/mol. The molecule has 136 valence electrons. The molecule has 0 aliphatic rings. The summed E-state index contributed by atoms with van der Waals surface area (Å²) in [6, 6.07) is 12.4. The first-order valence-electron chi connectivity index (χ1n) is 7.74. The van der Waals surface area contributed by atoms with Crippen LogP contribution < -0.4 is 5.32 Å². The summed E-state index contributed by atoms with van der Waals surface area (Å²) in [6.07, 6.45) is 0.195. The molecule has 2 aromatic carbocycles. The molecule has 0 aliphatic carbocycles. The molecule has 0 aromatic heterocycles. The zero-order valence-electron chi connectivity index (χ0n) is 14.0. The Morgan fingerprint density at radius 3 is 2.54 bits per heavy atom. The number of nitrogens with zero attached hydrogens (tertiary/aromatic N) is 1. The summed E-state index contributed by atoms with van der Waals surface area (Å²) in [5.74, 6) is -0.978. The number of benzene rings is 2. The van der Waals surface area contributed by atoms with E-state index >= 15 is 0 Å². The Hall–Kier alpha value is -2.74. The molecule has 26 heavy (non-hydrogen) atoms. The van der Waals surface area contributed by atoms with Crippen LogP contribution in [0.5, 0.6) is 0 Å². The molecule has 1 atom stereocenters. The molecule has 7 nitrogen and oxygen atoms in total. The lowest BCUT2D eigenvalue weighted by molar-refractivity contribution is -0.384. The van der Waals surface area contributed by atoms with E-state index in [1.807, 2.05) is 24.3 Å². The molecule has 2 aromatic rings. The number of esters is 1. The van der Waals surface area contributed by atoms with Gasteiger partial charge in [0, 0.05) is 23.0 Å². The second-order valence-electron chi connectivity index (χ2n) is 5.58. The molecule has 0 unspecified atom stereocenters. The van der Waals surface area contributed by atoms with Crippen molar-refractivity contribution in [2.75, 3.05) is 7.11 Å². The van der Waals surface area contributed by atoms with Crippen LogP contribution in [0, 0.1) is 10.1 Å². The normalized spacial score (nSPS) is 11.5. The van der Waals surface area contributed by atoms with Gasteiger partial charge in [0.15, 0.2) is 0 Å². The fourth-order valence-corrected chi connectivity index (χ4v) is 2.89. The van der Waals surface area contributed by atoms with Crippen molar-refractivity contribution >= 4 is 33.5 Å². The minimum Gasteiger partial charge on any atom is -0.467 e. The van der Waals surface area contributed by atoms with E-state index in [4.69, 9.17) is 4.74 Å². The molecule has 0 aliphatic heterocycles. The molecule has 0 fully saturated rings. The Balaban J connectivity index is 2.07. The number of nitro groups is 1. The molecular formula is C18H17BrN2O5. The van der Waals surface area contributed by atoms with E-state index in [2.05, 4.69) is 21.2 Å². The summed E-state index contributed by atoms with van der Waals surface area (Å²) < 4.78 is 5.62. The van der Waals surface area contributed by atoms with Crippen molar-refractivity contribution in [1.82, 2.24) is 5.32 Å². The number of methoxy groups -OCH3 is 1. The van der Waals surface area contributed by atoms with Crippen molar-refractivity contribution in [3.8, 4) is 0 Å². The minimum atomic E-state index is -0.847. The molecule has 0 saturated heterocycles. The van der Waals surface area contributed by atoms with Crippen LogP contribution in [0.4, 0.5) is 5.69 Å². The SMILES string of the molecule is COC(=O)[C@@H](Cc1cccc(Br)c1)NC(=O)Cc1cccc([N+](=O)[O-])c1. The number of rotatable bonds is 7. The fraction of sp³-hybridized carbons (Fsp3) is 0.222. The predicted octanol–water partition coefficient (Wildman–Crippen LogP) is 2.80. The summed E-state index contributed by atoms with van der Waals surface area (Å²) in [6.45, 7) is 0. The van der Waals surface area contributed by atoms with E-state index in [1.165, 1.54) is 25.3 Å². The molecule has 8 heteroatoms. The van der Waals surface area contributed by atoms with Gasteiger partial charge in [-0.3, -0.25) is 14.9 Å². The Morgan fingerprint density at radius 2 is 1.88 bits per heavy atom. The number of amides is 1. The Bertz CT molecular complexity index is 825. The second-order valence-corrected chi connectivity index (χ2v) is 6.50. The number of nitrogens with one attached hydrogen (secondary N) is 1. The van der Waals surface area contributed by atoms with Crippen LogP contribution in [0.1, 0.15) is 11.1 Å². The highest BCUT2D eigenvalue weighted by atomic mass is 79.9. The maximum absolute atomic E-state index is 12.3. The van der Waals surface area contributed by atoms with Gasteiger partial charge in [-0.15, -0.1) is 0 Å². The number of carbonyl (C=O) groups excluding carboxylic acids is 2. The third-order valence-electron chi connectivity index (χ3n) is 3.64. The van der Waals surface area contributed by atoms with Crippen LogP contribution in [0.25, 0.3) is 0 Å². The summed E-state index contributed by atoms with van der Waals surface area (Å²) in [4.78, 5) is 34.6. The van der Waals surface area contributed by atoms with Crippen molar-refractivity contribution in [2.24, 2.45) is 0 Å². The number of hydrogen-bond acceptors (Lipinski definition) is 5. The van der Waals surface area contributed by atoms with Gasteiger partial charge in [0.1, 0.15) is 6.04 Å². The standard InChI is InChI=1S/C18H17BrN2O5/c1-26-18(23)16(10-12-4-2-6-14(19)8-12)20-17(22)11-13-5-3-7-15(9-13)21(24)25/h2-9,16H,10-11H2,1H3,(H,20,22)/t16-/m1/s1. The zero-order chi connectivity index (χ0) is 19.1. The van der Waals surface area contributed by atoms with Crippen molar-refractivity contribution in [2.45, 2.75) is 18.9 Å². The molecule has 0 saturated carbocycles. The van der Waals surface area contributed by atoms with Crippen LogP contribution in [0.15, 0.2) is 53.0 Å². The minimum absolute atomic E-state index is 0.0757. The van der Waals surface area contributed by atoms with Gasteiger partial charge in [0.25, 0.3) is 5.69 Å². The van der Waals surface area contributed by atoms with Gasteiger partial charge in [-0.05, 0) is 23.3 Å². The summed E-state index contributed by atoms with van der Waals surface area (Å²) in [5.41, 5.74) is 1.25. The quantitative estimate of drug-likeness (QED) is 0.421. The van der Waals surface area contributed by atoms with Gasteiger partial charge in [-0.25, -0.2) is 4.79 Å². The fourth-order valence-electron chi connectivity index (χ4n) is 2.45. The monoisotopic (exact) mass is 420 g/mol. The van der Waals surface area contributed by atoms with E-state index in [9.17, 15) is 19.7 Å². The van der Waals surface area contributed by atoms with Gasteiger partial charge in [0.2, 0.25) is 5.91 Å². The van der Waals surface area contributed by atoms with Crippen LogP contribution in [0.2, 0.25) is 0 Å².